The van der Waals surface area contributed by atoms with Gasteiger partial charge in [-0.25, -0.2) is 8.78 Å². The summed E-state index contributed by atoms with van der Waals surface area (Å²) in [6.45, 7) is -0.480. The highest BCUT2D eigenvalue weighted by Crippen LogP contribution is 2.49. The third-order valence-electron chi connectivity index (χ3n) is 4.10. The molecule has 4 N–H and O–H groups in total. The van der Waals surface area contributed by atoms with Gasteiger partial charge in [0.25, 0.3) is 5.92 Å². The van der Waals surface area contributed by atoms with Gasteiger partial charge >= 0.3 is 0 Å². The number of nitrogens with zero attached hydrogens (tertiary/aromatic N) is 1. The van der Waals surface area contributed by atoms with Crippen molar-refractivity contribution in [2.24, 2.45) is 28.5 Å². The molecular weight excluding hydrogens is 270 g/mol. The summed E-state index contributed by atoms with van der Waals surface area (Å²) in [4.78, 5) is 14.9. The van der Waals surface area contributed by atoms with Crippen molar-refractivity contribution in [3.63, 3.8) is 0 Å². The Morgan fingerprint density at radius 2 is 2.20 bits per heavy atom. The fourth-order valence-electron chi connectivity index (χ4n) is 2.96. The number of nitrogens with two attached hydrogens (primary N) is 1. The fourth-order valence-corrected chi connectivity index (χ4v) is 2.96. The molecule has 0 bridgehead atoms. The van der Waals surface area contributed by atoms with Crippen LogP contribution in [0.2, 0.25) is 0 Å². The van der Waals surface area contributed by atoms with Crippen LogP contribution in [0.25, 0.3) is 0 Å². The smallest absolute Gasteiger partial charge is 0.277 e. The van der Waals surface area contributed by atoms with Crippen LogP contribution in [0.15, 0.2) is 17.1 Å². The van der Waals surface area contributed by atoms with Crippen LogP contribution in [0.3, 0.4) is 0 Å². The Labute approximate surface area is 115 Å². The van der Waals surface area contributed by atoms with E-state index in [0.29, 0.717) is 0 Å². The lowest BCUT2D eigenvalue weighted by atomic mass is 9.84. The van der Waals surface area contributed by atoms with Crippen molar-refractivity contribution >= 4 is 11.7 Å². The lowest BCUT2D eigenvalue weighted by molar-refractivity contribution is -0.135. The predicted molar refractivity (Wildman–Crippen MR) is 68.1 cm³/mol. The number of aliphatic hydroxyl groups excluding tert-OH is 2. The largest absolute Gasteiger partial charge is 0.396 e. The normalized spacial score (nSPS) is 41.6. The maximum absolute atomic E-state index is 14.1. The molecule has 1 amide bonds. The van der Waals surface area contributed by atoms with E-state index in [1.165, 1.54) is 12.2 Å². The number of carbonyl (C=O) groups is 1. The molecular formula is C13H18F2N2O3. The SMILES string of the molecule is NC1=N/C(=O)CCC([C@@H]2C[C@H](CO)C(O)C2(F)F)/C=C\1. The number of amides is 1. The number of amidine groups is 1. The Hall–Kier alpha value is -1.34. The molecule has 1 saturated carbocycles. The molecule has 0 aromatic rings. The van der Waals surface area contributed by atoms with Crippen LogP contribution >= 0.6 is 0 Å². The Bertz CT molecular complexity index is 451. The highest BCUT2D eigenvalue weighted by atomic mass is 19.3. The predicted octanol–water partition coefficient (Wildman–Crippen LogP) is 0.461. The molecule has 1 aliphatic carbocycles. The van der Waals surface area contributed by atoms with Gasteiger partial charge in [-0.3, -0.25) is 4.79 Å². The Kier molecular flexibility index (Phi) is 4.19. The molecule has 0 saturated heterocycles. The summed E-state index contributed by atoms with van der Waals surface area (Å²) in [5.74, 6) is -6.23. The number of aliphatic hydroxyl groups is 2. The van der Waals surface area contributed by atoms with Crippen LogP contribution in [-0.2, 0) is 4.79 Å². The minimum Gasteiger partial charge on any atom is -0.396 e. The first kappa shape index (κ1) is 15.1. The third-order valence-corrected chi connectivity index (χ3v) is 4.10. The molecule has 0 spiro atoms. The van der Waals surface area contributed by atoms with E-state index >= 15 is 0 Å². The van der Waals surface area contributed by atoms with Gasteiger partial charge in [-0.05, 0) is 24.8 Å². The molecule has 7 heteroatoms. The molecule has 1 heterocycles. The molecule has 2 aliphatic rings. The standard InChI is InChI=1S/C13H18F2N2O3/c14-13(15)9(5-8(6-18)12(13)20)7-1-3-10(16)17-11(19)4-2-7/h1,3,7-9,12,18,20H,2,4-6H2,(H2,16,17,19)/b3-1-/t7?,8-,9+,12?/m1/s1. The van der Waals surface area contributed by atoms with Crippen molar-refractivity contribution in [3.05, 3.63) is 12.2 Å². The van der Waals surface area contributed by atoms with Gasteiger partial charge in [-0.2, -0.15) is 4.99 Å². The molecule has 112 valence electrons. The maximum Gasteiger partial charge on any atom is 0.277 e. The van der Waals surface area contributed by atoms with Gasteiger partial charge in [0.15, 0.2) is 0 Å². The van der Waals surface area contributed by atoms with E-state index < -0.39 is 42.3 Å². The maximum atomic E-state index is 14.1. The Morgan fingerprint density at radius 1 is 1.50 bits per heavy atom. The molecule has 1 fully saturated rings. The van der Waals surface area contributed by atoms with Crippen molar-refractivity contribution in [1.29, 1.82) is 0 Å². The van der Waals surface area contributed by atoms with Crippen LogP contribution in [0, 0.1) is 17.8 Å². The monoisotopic (exact) mass is 288 g/mol. The molecule has 0 radical (unpaired) electrons. The van der Waals surface area contributed by atoms with Crippen molar-refractivity contribution < 1.29 is 23.8 Å². The minimum atomic E-state index is -3.28. The van der Waals surface area contributed by atoms with Crippen LogP contribution < -0.4 is 5.73 Å². The van der Waals surface area contributed by atoms with E-state index in [0.717, 1.165) is 0 Å². The molecule has 20 heavy (non-hydrogen) atoms. The Morgan fingerprint density at radius 3 is 2.80 bits per heavy atom. The average Bonchev–Trinajstić information content (AvgIpc) is 2.60. The number of halogens is 2. The van der Waals surface area contributed by atoms with E-state index in [4.69, 9.17) is 10.8 Å². The van der Waals surface area contributed by atoms with Gasteiger partial charge in [0.2, 0.25) is 5.91 Å². The zero-order valence-electron chi connectivity index (χ0n) is 10.9. The van der Waals surface area contributed by atoms with Gasteiger partial charge in [0.05, 0.1) is 0 Å². The highest BCUT2D eigenvalue weighted by Gasteiger charge is 2.58. The number of rotatable bonds is 2. The molecule has 2 unspecified atom stereocenters. The summed E-state index contributed by atoms with van der Waals surface area (Å²) in [6.07, 6.45) is 1.33. The lowest BCUT2D eigenvalue weighted by Crippen LogP contribution is -2.39. The first-order chi connectivity index (χ1) is 9.36. The summed E-state index contributed by atoms with van der Waals surface area (Å²) in [5, 5.41) is 18.7. The molecule has 2 rings (SSSR count). The zero-order chi connectivity index (χ0) is 14.9. The minimum absolute atomic E-state index is 0.000250. The topological polar surface area (TPSA) is 95.9 Å². The van der Waals surface area contributed by atoms with E-state index in [1.807, 2.05) is 0 Å². The second-order valence-electron chi connectivity index (χ2n) is 5.40. The quantitative estimate of drug-likeness (QED) is 0.688. The van der Waals surface area contributed by atoms with Crippen molar-refractivity contribution in [3.8, 4) is 0 Å². The highest BCUT2D eigenvalue weighted by molar-refractivity contribution is 6.00. The molecule has 1 aliphatic heterocycles. The summed E-state index contributed by atoms with van der Waals surface area (Å²) < 4.78 is 28.2. The lowest BCUT2D eigenvalue weighted by Gasteiger charge is -2.27. The fraction of sp³-hybridized carbons (Fsp3) is 0.692. The van der Waals surface area contributed by atoms with Crippen LogP contribution in [0.4, 0.5) is 8.78 Å². The summed E-state index contributed by atoms with van der Waals surface area (Å²) in [6, 6.07) is 0. The summed E-state index contributed by atoms with van der Waals surface area (Å²) in [7, 11) is 0. The summed E-state index contributed by atoms with van der Waals surface area (Å²) >= 11 is 0. The first-order valence-corrected chi connectivity index (χ1v) is 6.58. The first-order valence-electron chi connectivity index (χ1n) is 6.58. The average molecular weight is 288 g/mol. The van der Waals surface area contributed by atoms with Gasteiger partial charge in [-0.15, -0.1) is 0 Å². The number of allylic oxidation sites excluding steroid dienone is 1. The van der Waals surface area contributed by atoms with Crippen LogP contribution in [0.1, 0.15) is 19.3 Å². The van der Waals surface area contributed by atoms with Crippen molar-refractivity contribution in [1.82, 2.24) is 0 Å². The zero-order valence-corrected chi connectivity index (χ0v) is 10.9. The second kappa shape index (κ2) is 5.57. The van der Waals surface area contributed by atoms with Gasteiger partial charge in [0, 0.05) is 24.9 Å². The number of aliphatic imine (C=N–C) groups is 1. The van der Waals surface area contributed by atoms with Crippen molar-refractivity contribution in [2.45, 2.75) is 31.3 Å². The van der Waals surface area contributed by atoms with Gasteiger partial charge in [0.1, 0.15) is 11.9 Å². The Balaban J connectivity index is 2.22. The number of carbonyl (C=O) groups excluding carboxylic acids is 1. The van der Waals surface area contributed by atoms with E-state index in [1.54, 1.807) is 0 Å². The van der Waals surface area contributed by atoms with E-state index in [9.17, 15) is 18.7 Å². The molecule has 4 atom stereocenters. The van der Waals surface area contributed by atoms with Gasteiger partial charge < -0.3 is 15.9 Å². The number of hydrogen-bond acceptors (Lipinski definition) is 4. The van der Waals surface area contributed by atoms with Gasteiger partial charge in [-0.1, -0.05) is 6.08 Å². The van der Waals surface area contributed by atoms with Crippen LogP contribution in [-0.4, -0.2) is 40.6 Å². The molecule has 5 nitrogen and oxygen atoms in total. The second-order valence-corrected chi connectivity index (χ2v) is 5.40. The summed E-state index contributed by atoms with van der Waals surface area (Å²) in [5.41, 5.74) is 5.47. The third kappa shape index (κ3) is 2.73. The molecule has 0 aromatic carbocycles. The van der Waals surface area contributed by atoms with E-state index in [2.05, 4.69) is 4.99 Å². The number of hydrogen-bond donors (Lipinski definition) is 3. The van der Waals surface area contributed by atoms with Crippen molar-refractivity contribution in [2.75, 3.05) is 6.61 Å². The van der Waals surface area contributed by atoms with Crippen LogP contribution in [0.5, 0.6) is 0 Å². The molecule has 0 aromatic heterocycles. The van der Waals surface area contributed by atoms with E-state index in [-0.39, 0.29) is 25.1 Å². The number of alkyl halides is 2.